The quantitative estimate of drug-likeness (QED) is 0.529. The highest BCUT2D eigenvalue weighted by atomic mass is 35.5. The fraction of sp³-hybridized carbons (Fsp3) is 1.00. The number of hydrogen-bond acceptors (Lipinski definition) is 0. The van der Waals surface area contributed by atoms with Gasteiger partial charge in [0.15, 0.2) is 0 Å². The van der Waals surface area contributed by atoms with E-state index in [1.807, 2.05) is 0 Å². The van der Waals surface area contributed by atoms with Gasteiger partial charge in [0, 0.05) is 5.38 Å². The first-order chi connectivity index (χ1) is 4.63. The zero-order chi connectivity index (χ0) is 9.28. The van der Waals surface area contributed by atoms with E-state index in [2.05, 4.69) is 41.5 Å². The van der Waals surface area contributed by atoms with E-state index < -0.39 is 0 Å². The SMILES string of the molecule is CC(C)(C)C[C@H](Cl)C(C)(C)C. The highest BCUT2D eigenvalue weighted by molar-refractivity contribution is 6.21. The van der Waals surface area contributed by atoms with Crippen molar-refractivity contribution in [2.75, 3.05) is 0 Å². The maximum atomic E-state index is 6.24. The Labute approximate surface area is 76.3 Å². The van der Waals surface area contributed by atoms with Crippen LogP contribution in [0.4, 0.5) is 0 Å². The molecule has 1 atom stereocenters. The second-order valence-electron chi connectivity index (χ2n) is 5.60. The number of alkyl halides is 1. The lowest BCUT2D eigenvalue weighted by molar-refractivity contribution is 0.282. The normalized spacial score (nSPS) is 16.6. The minimum absolute atomic E-state index is 0.231. The fourth-order valence-corrected chi connectivity index (χ4v) is 1.31. The van der Waals surface area contributed by atoms with Crippen LogP contribution in [0.15, 0.2) is 0 Å². The zero-order valence-corrected chi connectivity index (χ0v) is 9.42. The molecule has 0 heterocycles. The molecule has 0 aromatic carbocycles. The molecule has 0 amide bonds. The third kappa shape index (κ3) is 5.55. The topological polar surface area (TPSA) is 0 Å². The highest BCUT2D eigenvalue weighted by Crippen LogP contribution is 2.34. The van der Waals surface area contributed by atoms with E-state index in [1.54, 1.807) is 0 Å². The van der Waals surface area contributed by atoms with Gasteiger partial charge in [0.05, 0.1) is 0 Å². The van der Waals surface area contributed by atoms with Crippen LogP contribution in [-0.4, -0.2) is 5.38 Å². The van der Waals surface area contributed by atoms with Crippen LogP contribution in [0.2, 0.25) is 0 Å². The van der Waals surface area contributed by atoms with Gasteiger partial charge in [-0.1, -0.05) is 41.5 Å². The summed E-state index contributed by atoms with van der Waals surface area (Å²) in [4.78, 5) is 0. The summed E-state index contributed by atoms with van der Waals surface area (Å²) in [6.45, 7) is 13.3. The van der Waals surface area contributed by atoms with E-state index in [0.717, 1.165) is 6.42 Å². The first-order valence-electron chi connectivity index (χ1n) is 4.27. The van der Waals surface area contributed by atoms with Gasteiger partial charge < -0.3 is 0 Å². The van der Waals surface area contributed by atoms with Crippen LogP contribution in [0.1, 0.15) is 48.0 Å². The Morgan fingerprint density at radius 1 is 1.00 bits per heavy atom. The predicted octanol–water partition coefficient (Wildman–Crippen LogP) is 4.08. The Morgan fingerprint density at radius 3 is 1.45 bits per heavy atom. The first kappa shape index (κ1) is 11.3. The molecule has 1 heteroatoms. The monoisotopic (exact) mass is 176 g/mol. The van der Waals surface area contributed by atoms with Gasteiger partial charge in [-0.25, -0.2) is 0 Å². The summed E-state index contributed by atoms with van der Waals surface area (Å²) >= 11 is 6.24. The molecule has 0 saturated heterocycles. The molecule has 0 aliphatic heterocycles. The van der Waals surface area contributed by atoms with E-state index in [0.29, 0.717) is 5.41 Å². The maximum Gasteiger partial charge on any atom is 0.0389 e. The van der Waals surface area contributed by atoms with Gasteiger partial charge in [-0.2, -0.15) is 0 Å². The van der Waals surface area contributed by atoms with Crippen molar-refractivity contribution in [3.8, 4) is 0 Å². The molecule has 0 rings (SSSR count). The van der Waals surface area contributed by atoms with Gasteiger partial charge in [-0.05, 0) is 17.3 Å². The minimum atomic E-state index is 0.231. The summed E-state index contributed by atoms with van der Waals surface area (Å²) in [7, 11) is 0. The van der Waals surface area contributed by atoms with E-state index >= 15 is 0 Å². The molecule has 0 unspecified atom stereocenters. The molecule has 0 saturated carbocycles. The first-order valence-corrected chi connectivity index (χ1v) is 4.71. The Hall–Kier alpha value is 0.290. The molecule has 0 bridgehead atoms. The Morgan fingerprint density at radius 2 is 1.36 bits per heavy atom. The van der Waals surface area contributed by atoms with Gasteiger partial charge >= 0.3 is 0 Å². The third-order valence-electron chi connectivity index (χ3n) is 1.73. The average molecular weight is 177 g/mol. The Balaban J connectivity index is 3.99. The lowest BCUT2D eigenvalue weighted by atomic mass is 9.81. The van der Waals surface area contributed by atoms with Gasteiger partial charge in [-0.3, -0.25) is 0 Å². The number of hydrogen-bond donors (Lipinski definition) is 0. The van der Waals surface area contributed by atoms with Crippen molar-refractivity contribution in [2.45, 2.75) is 53.3 Å². The van der Waals surface area contributed by atoms with Crippen LogP contribution in [0, 0.1) is 10.8 Å². The van der Waals surface area contributed by atoms with Gasteiger partial charge in [0.25, 0.3) is 0 Å². The minimum Gasteiger partial charge on any atom is -0.122 e. The second-order valence-corrected chi connectivity index (χ2v) is 6.13. The molecule has 0 nitrogen and oxygen atoms in total. The zero-order valence-electron chi connectivity index (χ0n) is 8.66. The second kappa shape index (κ2) is 3.35. The van der Waals surface area contributed by atoms with Gasteiger partial charge in [0.1, 0.15) is 0 Å². The largest absolute Gasteiger partial charge is 0.122 e. The van der Waals surface area contributed by atoms with Crippen molar-refractivity contribution < 1.29 is 0 Å². The predicted molar refractivity (Wildman–Crippen MR) is 53.2 cm³/mol. The van der Waals surface area contributed by atoms with Crippen LogP contribution in [0.25, 0.3) is 0 Å². The molecule has 0 radical (unpaired) electrons. The summed E-state index contributed by atoms with van der Waals surface area (Å²) in [6, 6.07) is 0. The van der Waals surface area contributed by atoms with E-state index in [9.17, 15) is 0 Å². The van der Waals surface area contributed by atoms with Crippen molar-refractivity contribution in [3.63, 3.8) is 0 Å². The molecule has 0 aliphatic rings. The molecule has 68 valence electrons. The lowest BCUT2D eigenvalue weighted by Crippen LogP contribution is -2.25. The standard InChI is InChI=1S/C10H21Cl/c1-9(2,3)7-8(11)10(4,5)6/h8H,7H2,1-6H3/t8-/m0/s1. The van der Waals surface area contributed by atoms with Crippen molar-refractivity contribution in [1.29, 1.82) is 0 Å². The molecule has 0 aliphatic carbocycles. The molecule has 0 aromatic rings. The van der Waals surface area contributed by atoms with Crippen molar-refractivity contribution in [3.05, 3.63) is 0 Å². The number of rotatable bonds is 1. The smallest absolute Gasteiger partial charge is 0.0389 e. The van der Waals surface area contributed by atoms with Crippen LogP contribution < -0.4 is 0 Å². The summed E-state index contributed by atoms with van der Waals surface area (Å²) in [5.41, 5.74) is 0.578. The molecule has 0 aromatic heterocycles. The summed E-state index contributed by atoms with van der Waals surface area (Å²) in [5.74, 6) is 0. The maximum absolute atomic E-state index is 6.24. The molecule has 0 N–H and O–H groups in total. The Kier molecular flexibility index (Phi) is 3.43. The van der Waals surface area contributed by atoms with E-state index in [1.165, 1.54) is 0 Å². The molecular formula is C10H21Cl. The van der Waals surface area contributed by atoms with Crippen molar-refractivity contribution >= 4 is 11.6 Å². The van der Waals surface area contributed by atoms with Gasteiger partial charge in [0.2, 0.25) is 0 Å². The number of halogens is 1. The van der Waals surface area contributed by atoms with Gasteiger partial charge in [-0.15, -0.1) is 11.6 Å². The van der Waals surface area contributed by atoms with E-state index in [4.69, 9.17) is 11.6 Å². The molecule has 0 fully saturated rings. The lowest BCUT2D eigenvalue weighted by Gasteiger charge is -2.30. The summed E-state index contributed by atoms with van der Waals surface area (Å²) < 4.78 is 0. The summed E-state index contributed by atoms with van der Waals surface area (Å²) in [6.07, 6.45) is 1.08. The Bertz CT molecular complexity index is 114. The van der Waals surface area contributed by atoms with Crippen LogP contribution in [0.3, 0.4) is 0 Å². The van der Waals surface area contributed by atoms with Crippen LogP contribution >= 0.6 is 11.6 Å². The van der Waals surface area contributed by atoms with Crippen LogP contribution in [0.5, 0.6) is 0 Å². The summed E-state index contributed by atoms with van der Waals surface area (Å²) in [5, 5.41) is 0.280. The average Bonchev–Trinajstić information content (AvgIpc) is 1.56. The fourth-order valence-electron chi connectivity index (χ4n) is 0.844. The molecular weight excluding hydrogens is 156 g/mol. The van der Waals surface area contributed by atoms with Crippen molar-refractivity contribution in [2.24, 2.45) is 10.8 Å². The third-order valence-corrected chi connectivity index (χ3v) is 2.54. The van der Waals surface area contributed by atoms with Crippen LogP contribution in [-0.2, 0) is 0 Å². The molecule has 11 heavy (non-hydrogen) atoms. The van der Waals surface area contributed by atoms with E-state index in [-0.39, 0.29) is 10.8 Å². The molecule has 0 spiro atoms. The van der Waals surface area contributed by atoms with Crippen molar-refractivity contribution in [1.82, 2.24) is 0 Å². The highest BCUT2D eigenvalue weighted by Gasteiger charge is 2.26.